The summed E-state index contributed by atoms with van der Waals surface area (Å²) in [6.45, 7) is 0.319. The molecule has 0 unspecified atom stereocenters. The Morgan fingerprint density at radius 3 is 2.88 bits per heavy atom. The van der Waals surface area contributed by atoms with Gasteiger partial charge in [0.1, 0.15) is 0 Å². The SMILES string of the molecule is CN(CCO)C(=O)c1csc(C#CCCO)c1. The zero-order chi connectivity index (χ0) is 12.7. The number of aliphatic hydroxyl groups is 2. The minimum Gasteiger partial charge on any atom is -0.395 e. The number of nitrogens with zero attached hydrogens (tertiary/aromatic N) is 1. The number of aliphatic hydroxyl groups excluding tert-OH is 2. The molecule has 2 N–H and O–H groups in total. The second-order valence-electron chi connectivity index (χ2n) is 3.43. The van der Waals surface area contributed by atoms with Gasteiger partial charge in [0.25, 0.3) is 5.91 Å². The van der Waals surface area contributed by atoms with E-state index in [0.717, 1.165) is 4.88 Å². The first-order chi connectivity index (χ1) is 8.19. The second-order valence-corrected chi connectivity index (χ2v) is 4.34. The maximum Gasteiger partial charge on any atom is 0.254 e. The highest BCUT2D eigenvalue weighted by atomic mass is 32.1. The standard InChI is InChI=1S/C12H15NO3S/c1-13(5-7-15)12(16)10-8-11(17-9-10)4-2-3-6-14/h8-9,14-15H,3,5-7H2,1H3. The van der Waals surface area contributed by atoms with Crippen LogP contribution < -0.4 is 0 Å². The summed E-state index contributed by atoms with van der Waals surface area (Å²) in [6, 6.07) is 1.73. The summed E-state index contributed by atoms with van der Waals surface area (Å²) in [6.07, 6.45) is 0.436. The van der Waals surface area contributed by atoms with Gasteiger partial charge in [-0.2, -0.15) is 0 Å². The largest absolute Gasteiger partial charge is 0.395 e. The number of thiophene rings is 1. The fourth-order valence-corrected chi connectivity index (χ4v) is 1.94. The van der Waals surface area contributed by atoms with E-state index in [1.54, 1.807) is 18.5 Å². The van der Waals surface area contributed by atoms with E-state index in [-0.39, 0.29) is 19.1 Å². The molecule has 1 aromatic rings. The topological polar surface area (TPSA) is 60.8 Å². The Hall–Kier alpha value is -1.35. The summed E-state index contributed by atoms with van der Waals surface area (Å²) in [7, 11) is 1.65. The molecule has 0 aliphatic carbocycles. The number of hydrogen-bond donors (Lipinski definition) is 2. The van der Waals surface area contributed by atoms with Gasteiger partial charge in [0.05, 0.1) is 23.7 Å². The lowest BCUT2D eigenvalue weighted by molar-refractivity contribution is 0.0767. The molecule has 0 saturated carbocycles. The van der Waals surface area contributed by atoms with Crippen molar-refractivity contribution in [3.05, 3.63) is 21.9 Å². The third-order valence-corrected chi connectivity index (χ3v) is 2.92. The van der Waals surface area contributed by atoms with Crippen LogP contribution in [-0.4, -0.2) is 47.8 Å². The lowest BCUT2D eigenvalue weighted by atomic mass is 10.2. The van der Waals surface area contributed by atoms with Crippen LogP contribution in [0.3, 0.4) is 0 Å². The number of amides is 1. The number of rotatable bonds is 4. The Morgan fingerprint density at radius 2 is 2.24 bits per heavy atom. The Kier molecular flexibility index (Phi) is 5.70. The van der Waals surface area contributed by atoms with Crippen LogP contribution in [0.5, 0.6) is 0 Å². The molecule has 1 heterocycles. The molecule has 0 aromatic carbocycles. The number of likely N-dealkylation sites (N-methyl/N-ethyl adjacent to an activating group) is 1. The third-order valence-electron chi connectivity index (χ3n) is 2.08. The fraction of sp³-hybridized carbons (Fsp3) is 0.417. The van der Waals surface area contributed by atoms with Gasteiger partial charge in [0, 0.05) is 25.4 Å². The molecule has 1 amide bonds. The monoisotopic (exact) mass is 253 g/mol. The predicted molar refractivity (Wildman–Crippen MR) is 66.9 cm³/mol. The fourth-order valence-electron chi connectivity index (χ4n) is 1.19. The van der Waals surface area contributed by atoms with Crippen molar-refractivity contribution in [1.29, 1.82) is 0 Å². The van der Waals surface area contributed by atoms with Crippen molar-refractivity contribution in [1.82, 2.24) is 4.90 Å². The summed E-state index contributed by atoms with van der Waals surface area (Å²) in [5, 5.41) is 19.1. The van der Waals surface area contributed by atoms with E-state index in [2.05, 4.69) is 11.8 Å². The highest BCUT2D eigenvalue weighted by Gasteiger charge is 2.12. The average Bonchev–Trinajstić information content (AvgIpc) is 2.77. The molecule has 0 saturated heterocycles. The Morgan fingerprint density at radius 1 is 1.47 bits per heavy atom. The molecule has 0 atom stereocenters. The van der Waals surface area contributed by atoms with Crippen LogP contribution in [0.25, 0.3) is 0 Å². The Bertz CT molecular complexity index is 430. The van der Waals surface area contributed by atoms with E-state index in [1.807, 2.05) is 0 Å². The van der Waals surface area contributed by atoms with E-state index < -0.39 is 0 Å². The first kappa shape index (κ1) is 13.7. The first-order valence-electron chi connectivity index (χ1n) is 5.23. The summed E-state index contributed by atoms with van der Waals surface area (Å²) in [5.41, 5.74) is 0.583. The van der Waals surface area contributed by atoms with Crippen LogP contribution in [0.1, 0.15) is 21.7 Å². The van der Waals surface area contributed by atoms with Crippen LogP contribution in [0.2, 0.25) is 0 Å². The van der Waals surface area contributed by atoms with Crippen molar-refractivity contribution in [3.63, 3.8) is 0 Å². The number of carbonyl (C=O) groups excluding carboxylic acids is 1. The van der Waals surface area contributed by atoms with E-state index in [0.29, 0.717) is 18.5 Å². The summed E-state index contributed by atoms with van der Waals surface area (Å²) in [4.78, 5) is 14.1. The normalized spacial score (nSPS) is 9.59. The van der Waals surface area contributed by atoms with Gasteiger partial charge >= 0.3 is 0 Å². The molecule has 1 aromatic heterocycles. The van der Waals surface area contributed by atoms with E-state index in [1.165, 1.54) is 16.2 Å². The zero-order valence-corrected chi connectivity index (χ0v) is 10.5. The summed E-state index contributed by atoms with van der Waals surface area (Å²) >= 11 is 1.40. The molecule has 5 heteroatoms. The van der Waals surface area contributed by atoms with Gasteiger partial charge in [0.2, 0.25) is 0 Å². The van der Waals surface area contributed by atoms with Gasteiger partial charge < -0.3 is 15.1 Å². The second kappa shape index (κ2) is 7.07. The van der Waals surface area contributed by atoms with E-state index in [4.69, 9.17) is 10.2 Å². The molecule has 0 aliphatic heterocycles. The molecule has 0 fully saturated rings. The van der Waals surface area contributed by atoms with Crippen molar-refractivity contribution < 1.29 is 15.0 Å². The third kappa shape index (κ3) is 4.19. The summed E-state index contributed by atoms with van der Waals surface area (Å²) in [5.74, 6) is 5.56. The molecule has 92 valence electrons. The molecule has 17 heavy (non-hydrogen) atoms. The van der Waals surface area contributed by atoms with E-state index >= 15 is 0 Å². The molecule has 4 nitrogen and oxygen atoms in total. The first-order valence-corrected chi connectivity index (χ1v) is 6.11. The lowest BCUT2D eigenvalue weighted by Gasteiger charge is -2.14. The van der Waals surface area contributed by atoms with Gasteiger partial charge in [0.15, 0.2) is 0 Å². The number of carbonyl (C=O) groups is 1. The van der Waals surface area contributed by atoms with Crippen molar-refractivity contribution in [2.24, 2.45) is 0 Å². The summed E-state index contributed by atoms with van der Waals surface area (Å²) < 4.78 is 0. The molecule has 0 bridgehead atoms. The number of hydrogen-bond acceptors (Lipinski definition) is 4. The van der Waals surface area contributed by atoms with Crippen LogP contribution in [0.4, 0.5) is 0 Å². The average molecular weight is 253 g/mol. The van der Waals surface area contributed by atoms with Gasteiger partial charge in [-0.25, -0.2) is 0 Å². The molecule has 0 aliphatic rings. The van der Waals surface area contributed by atoms with Crippen molar-refractivity contribution in [2.45, 2.75) is 6.42 Å². The molecular formula is C12H15NO3S. The van der Waals surface area contributed by atoms with Crippen molar-refractivity contribution >= 4 is 17.2 Å². The Labute approximate surface area is 105 Å². The van der Waals surface area contributed by atoms with Crippen LogP contribution >= 0.6 is 11.3 Å². The molecule has 1 rings (SSSR count). The van der Waals surface area contributed by atoms with Gasteiger partial charge in [-0.1, -0.05) is 11.8 Å². The smallest absolute Gasteiger partial charge is 0.254 e. The van der Waals surface area contributed by atoms with E-state index in [9.17, 15) is 4.79 Å². The maximum atomic E-state index is 11.8. The highest BCUT2D eigenvalue weighted by Crippen LogP contribution is 2.15. The molecule has 0 spiro atoms. The van der Waals surface area contributed by atoms with Crippen molar-refractivity contribution in [3.8, 4) is 11.8 Å². The minimum absolute atomic E-state index is 0.0450. The predicted octanol–water partition coefficient (Wildman–Crippen LogP) is 0.546. The van der Waals surface area contributed by atoms with Gasteiger partial charge in [-0.15, -0.1) is 11.3 Å². The van der Waals surface area contributed by atoms with Crippen LogP contribution in [0, 0.1) is 11.8 Å². The van der Waals surface area contributed by atoms with Gasteiger partial charge in [-0.3, -0.25) is 4.79 Å². The lowest BCUT2D eigenvalue weighted by Crippen LogP contribution is -2.29. The molecular weight excluding hydrogens is 238 g/mol. The minimum atomic E-state index is -0.120. The Balaban J connectivity index is 2.68. The van der Waals surface area contributed by atoms with Gasteiger partial charge in [-0.05, 0) is 6.07 Å². The quantitative estimate of drug-likeness (QED) is 0.770. The van der Waals surface area contributed by atoms with Crippen LogP contribution in [-0.2, 0) is 0 Å². The molecule has 0 radical (unpaired) electrons. The zero-order valence-electron chi connectivity index (χ0n) is 9.64. The highest BCUT2D eigenvalue weighted by molar-refractivity contribution is 7.10. The van der Waals surface area contributed by atoms with Crippen LogP contribution in [0.15, 0.2) is 11.4 Å². The van der Waals surface area contributed by atoms with Crippen molar-refractivity contribution in [2.75, 3.05) is 26.8 Å². The maximum absolute atomic E-state index is 11.8.